The molecule has 3 heteroatoms. The lowest BCUT2D eigenvalue weighted by molar-refractivity contribution is -0.152. The maximum Gasteiger partial charge on any atom is 0.313 e. The van der Waals surface area contributed by atoms with Gasteiger partial charge >= 0.3 is 5.97 Å². The molecule has 0 aromatic carbocycles. The first-order valence-electron chi connectivity index (χ1n) is 3.90. The Bertz CT molecular complexity index is 169. The van der Waals surface area contributed by atoms with Gasteiger partial charge in [-0.1, -0.05) is 6.92 Å². The molecule has 2 unspecified atom stereocenters. The fourth-order valence-corrected chi connectivity index (χ4v) is 1.45. The summed E-state index contributed by atoms with van der Waals surface area (Å²) in [5.41, 5.74) is -0.311. The molecule has 0 saturated carbocycles. The van der Waals surface area contributed by atoms with E-state index < -0.39 is 0 Å². The van der Waals surface area contributed by atoms with Gasteiger partial charge < -0.3 is 10.1 Å². The highest BCUT2D eigenvalue weighted by Gasteiger charge is 2.43. The standard InChI is InChI=1S/C8H15NO2/c1-6-4-9-5-8(6,2)7(10)11-3/h6,9H,4-5H2,1-3H3. The largest absolute Gasteiger partial charge is 0.469 e. The van der Waals surface area contributed by atoms with Crippen LogP contribution in [0.5, 0.6) is 0 Å². The second-order valence-electron chi connectivity index (χ2n) is 3.44. The lowest BCUT2D eigenvalue weighted by atomic mass is 9.81. The molecule has 1 saturated heterocycles. The van der Waals surface area contributed by atoms with Crippen molar-refractivity contribution in [1.82, 2.24) is 5.32 Å². The van der Waals surface area contributed by atoms with Crippen molar-refractivity contribution in [1.29, 1.82) is 0 Å². The zero-order valence-corrected chi connectivity index (χ0v) is 7.31. The Kier molecular flexibility index (Phi) is 2.18. The Labute approximate surface area is 67.1 Å². The van der Waals surface area contributed by atoms with Gasteiger partial charge in [-0.3, -0.25) is 4.79 Å². The molecule has 0 aliphatic carbocycles. The highest BCUT2D eigenvalue weighted by Crippen LogP contribution is 2.31. The SMILES string of the molecule is COC(=O)C1(C)CNCC1C. The van der Waals surface area contributed by atoms with Crippen LogP contribution in [0, 0.1) is 11.3 Å². The molecule has 1 rings (SSSR count). The first-order valence-corrected chi connectivity index (χ1v) is 3.90. The number of ether oxygens (including phenoxy) is 1. The number of rotatable bonds is 1. The monoisotopic (exact) mass is 157 g/mol. The lowest BCUT2D eigenvalue weighted by Gasteiger charge is -2.24. The number of esters is 1. The molecule has 1 N–H and O–H groups in total. The Morgan fingerprint density at radius 3 is 2.73 bits per heavy atom. The second kappa shape index (κ2) is 2.81. The van der Waals surface area contributed by atoms with Crippen LogP contribution in [0.4, 0.5) is 0 Å². The summed E-state index contributed by atoms with van der Waals surface area (Å²) in [6.45, 7) is 5.66. The van der Waals surface area contributed by atoms with Crippen LogP contribution in [0.1, 0.15) is 13.8 Å². The van der Waals surface area contributed by atoms with Crippen LogP contribution in [0.2, 0.25) is 0 Å². The van der Waals surface area contributed by atoms with E-state index >= 15 is 0 Å². The number of carbonyl (C=O) groups excluding carboxylic acids is 1. The molecular formula is C8H15NO2. The maximum atomic E-state index is 11.3. The molecule has 1 heterocycles. The van der Waals surface area contributed by atoms with Crippen LogP contribution >= 0.6 is 0 Å². The van der Waals surface area contributed by atoms with E-state index in [1.54, 1.807) is 0 Å². The number of hydrogen-bond donors (Lipinski definition) is 1. The predicted octanol–water partition coefficient (Wildman–Crippen LogP) is 0.405. The molecule has 0 aromatic heterocycles. The zero-order chi connectivity index (χ0) is 8.48. The van der Waals surface area contributed by atoms with Gasteiger partial charge in [-0.25, -0.2) is 0 Å². The quantitative estimate of drug-likeness (QED) is 0.560. The van der Waals surface area contributed by atoms with Gasteiger partial charge in [0, 0.05) is 6.54 Å². The molecule has 0 spiro atoms. The van der Waals surface area contributed by atoms with Gasteiger partial charge in [0.25, 0.3) is 0 Å². The number of methoxy groups -OCH3 is 1. The van der Waals surface area contributed by atoms with E-state index in [4.69, 9.17) is 4.74 Å². The van der Waals surface area contributed by atoms with Gasteiger partial charge in [-0.15, -0.1) is 0 Å². The molecule has 0 aromatic rings. The van der Waals surface area contributed by atoms with Crippen LogP contribution < -0.4 is 5.32 Å². The number of nitrogens with one attached hydrogen (secondary N) is 1. The van der Waals surface area contributed by atoms with Crippen molar-refractivity contribution in [2.75, 3.05) is 20.2 Å². The van der Waals surface area contributed by atoms with E-state index in [9.17, 15) is 4.79 Å². The minimum atomic E-state index is -0.311. The average molecular weight is 157 g/mol. The van der Waals surface area contributed by atoms with Gasteiger partial charge in [-0.2, -0.15) is 0 Å². The minimum Gasteiger partial charge on any atom is -0.469 e. The summed E-state index contributed by atoms with van der Waals surface area (Å²) in [5, 5.41) is 3.18. The molecule has 1 aliphatic rings. The summed E-state index contributed by atoms with van der Waals surface area (Å²) in [4.78, 5) is 11.3. The third-order valence-electron chi connectivity index (χ3n) is 2.68. The highest BCUT2D eigenvalue weighted by molar-refractivity contribution is 5.77. The number of carbonyl (C=O) groups is 1. The first-order chi connectivity index (χ1) is 5.11. The summed E-state index contributed by atoms with van der Waals surface area (Å²) in [6, 6.07) is 0. The van der Waals surface area contributed by atoms with Crippen molar-refractivity contribution in [3.63, 3.8) is 0 Å². The van der Waals surface area contributed by atoms with Gasteiger partial charge in [-0.05, 0) is 19.4 Å². The molecule has 3 nitrogen and oxygen atoms in total. The fraction of sp³-hybridized carbons (Fsp3) is 0.875. The molecular weight excluding hydrogens is 142 g/mol. The fourth-order valence-electron chi connectivity index (χ4n) is 1.45. The predicted molar refractivity (Wildman–Crippen MR) is 42.2 cm³/mol. The summed E-state index contributed by atoms with van der Waals surface area (Å²) < 4.78 is 4.73. The molecule has 64 valence electrons. The zero-order valence-electron chi connectivity index (χ0n) is 7.31. The van der Waals surface area contributed by atoms with Crippen molar-refractivity contribution in [2.45, 2.75) is 13.8 Å². The third kappa shape index (κ3) is 1.25. The molecule has 0 radical (unpaired) electrons. The van der Waals surface area contributed by atoms with E-state index in [-0.39, 0.29) is 11.4 Å². The number of hydrogen-bond acceptors (Lipinski definition) is 3. The van der Waals surface area contributed by atoms with Crippen molar-refractivity contribution in [3.05, 3.63) is 0 Å². The second-order valence-corrected chi connectivity index (χ2v) is 3.44. The van der Waals surface area contributed by atoms with Crippen LogP contribution in [-0.4, -0.2) is 26.2 Å². The maximum absolute atomic E-state index is 11.3. The Hall–Kier alpha value is -0.570. The smallest absolute Gasteiger partial charge is 0.313 e. The van der Waals surface area contributed by atoms with E-state index in [2.05, 4.69) is 12.2 Å². The summed E-state index contributed by atoms with van der Waals surface area (Å²) in [6.07, 6.45) is 0. The van der Waals surface area contributed by atoms with Gasteiger partial charge in [0.2, 0.25) is 0 Å². The molecule has 11 heavy (non-hydrogen) atoms. The van der Waals surface area contributed by atoms with E-state index in [1.807, 2.05) is 6.92 Å². The van der Waals surface area contributed by atoms with Gasteiger partial charge in [0.15, 0.2) is 0 Å². The first kappa shape index (κ1) is 8.53. The Morgan fingerprint density at radius 1 is 1.73 bits per heavy atom. The third-order valence-corrected chi connectivity index (χ3v) is 2.68. The summed E-state index contributed by atoms with van der Waals surface area (Å²) in [5.74, 6) is 0.268. The van der Waals surface area contributed by atoms with Gasteiger partial charge in [0.1, 0.15) is 0 Å². The molecule has 1 aliphatic heterocycles. The normalized spacial score (nSPS) is 37.2. The molecule has 0 amide bonds. The summed E-state index contributed by atoms with van der Waals surface area (Å²) >= 11 is 0. The summed E-state index contributed by atoms with van der Waals surface area (Å²) in [7, 11) is 1.44. The Balaban J connectivity index is 2.72. The van der Waals surface area contributed by atoms with Crippen molar-refractivity contribution in [3.8, 4) is 0 Å². The van der Waals surface area contributed by atoms with E-state index in [0.29, 0.717) is 5.92 Å². The topological polar surface area (TPSA) is 38.3 Å². The minimum absolute atomic E-state index is 0.102. The Morgan fingerprint density at radius 2 is 2.36 bits per heavy atom. The van der Waals surface area contributed by atoms with E-state index in [1.165, 1.54) is 7.11 Å². The van der Waals surface area contributed by atoms with Crippen molar-refractivity contribution < 1.29 is 9.53 Å². The van der Waals surface area contributed by atoms with Crippen molar-refractivity contribution in [2.24, 2.45) is 11.3 Å². The van der Waals surface area contributed by atoms with Crippen molar-refractivity contribution >= 4 is 5.97 Å². The van der Waals surface area contributed by atoms with Crippen LogP contribution in [-0.2, 0) is 9.53 Å². The molecule has 0 bridgehead atoms. The molecule has 1 fully saturated rings. The van der Waals surface area contributed by atoms with E-state index in [0.717, 1.165) is 13.1 Å². The van der Waals surface area contributed by atoms with Crippen LogP contribution in [0.25, 0.3) is 0 Å². The van der Waals surface area contributed by atoms with Crippen LogP contribution in [0.15, 0.2) is 0 Å². The molecule has 2 atom stereocenters. The van der Waals surface area contributed by atoms with Gasteiger partial charge in [0.05, 0.1) is 12.5 Å². The highest BCUT2D eigenvalue weighted by atomic mass is 16.5. The average Bonchev–Trinajstić information content (AvgIpc) is 2.32. The van der Waals surface area contributed by atoms with Crippen LogP contribution in [0.3, 0.4) is 0 Å². The lowest BCUT2D eigenvalue weighted by Crippen LogP contribution is -2.35.